The number of anilines is 1. The number of hydrogen-bond acceptors (Lipinski definition) is 5. The maximum Gasteiger partial charge on any atom is 0.181 e. The molecule has 0 radical (unpaired) electrons. The van der Waals surface area contributed by atoms with E-state index >= 15 is 0 Å². The minimum absolute atomic E-state index is 0.302. The molecule has 3 aromatic heterocycles. The number of aromatic nitrogens is 3. The average molecular weight is 314 g/mol. The van der Waals surface area contributed by atoms with E-state index in [-0.39, 0.29) is 0 Å². The van der Waals surface area contributed by atoms with Crippen LogP contribution in [0.15, 0.2) is 35.8 Å². The van der Waals surface area contributed by atoms with Crippen molar-refractivity contribution < 1.29 is 4.39 Å². The van der Waals surface area contributed by atoms with Gasteiger partial charge >= 0.3 is 0 Å². The minimum atomic E-state index is -1.08. The number of pyridine rings is 1. The van der Waals surface area contributed by atoms with Crippen LogP contribution in [0, 0.1) is 0 Å². The molecule has 4 nitrogen and oxygen atoms in total. The lowest BCUT2D eigenvalue weighted by molar-refractivity contribution is 0.0784. The van der Waals surface area contributed by atoms with Crippen LogP contribution in [-0.2, 0) is 0 Å². The zero-order valence-electron chi connectivity index (χ0n) is 11.9. The maximum atomic E-state index is 14.2. The summed E-state index contributed by atoms with van der Waals surface area (Å²) in [6.07, 6.45) is 3.94. The third-order valence-corrected chi connectivity index (χ3v) is 4.85. The summed E-state index contributed by atoms with van der Waals surface area (Å²) in [5.74, 6) is 1.26. The molecular weight excluding hydrogens is 299 g/mol. The molecule has 4 rings (SSSR count). The van der Waals surface area contributed by atoms with Crippen molar-refractivity contribution in [1.82, 2.24) is 15.0 Å². The lowest BCUT2D eigenvalue weighted by Gasteiger charge is -2.34. The third kappa shape index (κ3) is 2.43. The summed E-state index contributed by atoms with van der Waals surface area (Å²) in [5.41, 5.74) is -0.363. The molecule has 0 unspecified atom stereocenters. The van der Waals surface area contributed by atoms with Gasteiger partial charge in [-0.25, -0.2) is 14.4 Å². The number of alkyl halides is 1. The normalized spacial score (nSPS) is 16.4. The summed E-state index contributed by atoms with van der Waals surface area (Å²) in [7, 11) is 0. The van der Waals surface area contributed by atoms with E-state index in [1.54, 1.807) is 17.5 Å². The predicted molar refractivity (Wildman–Crippen MR) is 86.8 cm³/mol. The van der Waals surface area contributed by atoms with Crippen LogP contribution in [0.2, 0.25) is 0 Å². The smallest absolute Gasteiger partial charge is 0.181 e. The van der Waals surface area contributed by atoms with Gasteiger partial charge in [-0.05, 0) is 42.8 Å². The number of hydrogen-bond donors (Lipinski definition) is 1. The quantitative estimate of drug-likeness (QED) is 0.789. The van der Waals surface area contributed by atoms with Crippen molar-refractivity contribution in [3.8, 4) is 11.5 Å². The Morgan fingerprint density at radius 3 is 2.86 bits per heavy atom. The SMILES string of the molecule is FC1(CNc2nc(-c3ccccn3)nc3sccc23)CCC1. The van der Waals surface area contributed by atoms with Crippen molar-refractivity contribution in [2.24, 2.45) is 0 Å². The number of thiophene rings is 1. The summed E-state index contributed by atoms with van der Waals surface area (Å²) in [4.78, 5) is 14.3. The van der Waals surface area contributed by atoms with Crippen molar-refractivity contribution in [3.05, 3.63) is 35.8 Å². The molecule has 1 saturated carbocycles. The van der Waals surface area contributed by atoms with Crippen molar-refractivity contribution in [2.45, 2.75) is 24.9 Å². The van der Waals surface area contributed by atoms with Crippen molar-refractivity contribution in [3.63, 3.8) is 0 Å². The molecule has 3 heterocycles. The topological polar surface area (TPSA) is 50.7 Å². The Kier molecular flexibility index (Phi) is 3.26. The van der Waals surface area contributed by atoms with E-state index < -0.39 is 5.67 Å². The maximum absolute atomic E-state index is 14.2. The Morgan fingerprint density at radius 2 is 2.14 bits per heavy atom. The lowest BCUT2D eigenvalue weighted by Crippen LogP contribution is -2.39. The fourth-order valence-corrected chi connectivity index (χ4v) is 3.34. The predicted octanol–water partition coefficient (Wildman–Crippen LogP) is 4.06. The Labute approximate surface area is 131 Å². The van der Waals surface area contributed by atoms with Crippen LogP contribution in [0.4, 0.5) is 10.2 Å². The van der Waals surface area contributed by atoms with Crippen molar-refractivity contribution in [1.29, 1.82) is 0 Å². The molecule has 3 aromatic rings. The molecule has 0 aromatic carbocycles. The van der Waals surface area contributed by atoms with Gasteiger partial charge in [0, 0.05) is 6.20 Å². The van der Waals surface area contributed by atoms with Gasteiger partial charge in [-0.1, -0.05) is 6.07 Å². The van der Waals surface area contributed by atoms with Gasteiger partial charge in [0.25, 0.3) is 0 Å². The Morgan fingerprint density at radius 1 is 1.23 bits per heavy atom. The standard InChI is InChI=1S/C16H15FN4S/c17-16(6-3-7-16)10-19-13-11-5-9-22-15(11)21-14(20-13)12-4-1-2-8-18-12/h1-2,4-5,8-9H,3,6-7,10H2,(H,19,20,21). The first kappa shape index (κ1) is 13.6. The fourth-order valence-electron chi connectivity index (χ4n) is 2.58. The zero-order valence-corrected chi connectivity index (χ0v) is 12.7. The number of fused-ring (bicyclic) bond motifs is 1. The third-order valence-electron chi connectivity index (χ3n) is 4.04. The van der Waals surface area contributed by atoms with Crippen molar-refractivity contribution >= 4 is 27.4 Å². The van der Waals surface area contributed by atoms with Gasteiger partial charge in [-0.2, -0.15) is 0 Å². The largest absolute Gasteiger partial charge is 0.366 e. The van der Waals surface area contributed by atoms with Crippen LogP contribution >= 0.6 is 11.3 Å². The van der Waals surface area contributed by atoms with Crippen LogP contribution in [-0.4, -0.2) is 27.2 Å². The van der Waals surface area contributed by atoms with E-state index in [1.165, 1.54) is 0 Å². The number of halogens is 1. The molecule has 0 spiro atoms. The molecule has 0 amide bonds. The van der Waals surface area contributed by atoms with E-state index in [0.29, 0.717) is 31.0 Å². The molecule has 0 bridgehead atoms. The highest BCUT2D eigenvalue weighted by Crippen LogP contribution is 2.36. The first-order chi connectivity index (χ1) is 10.7. The van der Waals surface area contributed by atoms with E-state index in [4.69, 9.17) is 0 Å². The molecule has 1 aliphatic carbocycles. The summed E-state index contributed by atoms with van der Waals surface area (Å²) in [6.45, 7) is 0.302. The van der Waals surface area contributed by atoms with Gasteiger partial charge in [0.05, 0.1) is 11.9 Å². The second-order valence-electron chi connectivity index (χ2n) is 5.61. The second-order valence-corrected chi connectivity index (χ2v) is 6.50. The summed E-state index contributed by atoms with van der Waals surface area (Å²) in [6, 6.07) is 7.61. The second kappa shape index (κ2) is 5.28. The molecule has 22 heavy (non-hydrogen) atoms. The summed E-state index contributed by atoms with van der Waals surface area (Å²) < 4.78 is 14.2. The minimum Gasteiger partial charge on any atom is -0.366 e. The molecule has 112 valence electrons. The number of rotatable bonds is 4. The Hall–Kier alpha value is -2.08. The highest BCUT2D eigenvalue weighted by molar-refractivity contribution is 7.16. The molecule has 0 atom stereocenters. The number of nitrogens with zero attached hydrogens (tertiary/aromatic N) is 3. The van der Waals surface area contributed by atoms with Gasteiger partial charge in [-0.3, -0.25) is 4.98 Å². The first-order valence-corrected chi connectivity index (χ1v) is 8.21. The average Bonchev–Trinajstić information content (AvgIpc) is 3.00. The van der Waals surface area contributed by atoms with Gasteiger partial charge in [0.2, 0.25) is 0 Å². The molecule has 1 N–H and O–H groups in total. The number of nitrogens with one attached hydrogen (secondary N) is 1. The lowest BCUT2D eigenvalue weighted by atomic mass is 9.82. The Bertz CT molecular complexity index is 798. The summed E-state index contributed by atoms with van der Waals surface area (Å²) in [5, 5.41) is 6.09. The van der Waals surface area contributed by atoms with Crippen LogP contribution in [0.25, 0.3) is 21.7 Å². The molecule has 1 aliphatic rings. The van der Waals surface area contributed by atoms with Crippen molar-refractivity contribution in [2.75, 3.05) is 11.9 Å². The van der Waals surface area contributed by atoms with E-state index in [0.717, 1.165) is 22.3 Å². The van der Waals surface area contributed by atoms with Gasteiger partial charge in [-0.15, -0.1) is 11.3 Å². The molecular formula is C16H15FN4S. The van der Waals surface area contributed by atoms with Gasteiger partial charge < -0.3 is 5.32 Å². The Balaban J connectivity index is 1.71. The van der Waals surface area contributed by atoms with Crippen LogP contribution in [0.5, 0.6) is 0 Å². The van der Waals surface area contributed by atoms with E-state index in [2.05, 4.69) is 20.3 Å². The summed E-state index contributed by atoms with van der Waals surface area (Å²) >= 11 is 1.55. The molecule has 6 heteroatoms. The van der Waals surface area contributed by atoms with Gasteiger partial charge in [0.15, 0.2) is 5.82 Å². The molecule has 0 saturated heterocycles. The zero-order chi connectivity index (χ0) is 15.0. The van der Waals surface area contributed by atoms with Crippen LogP contribution < -0.4 is 5.32 Å². The fraction of sp³-hybridized carbons (Fsp3) is 0.312. The van der Waals surface area contributed by atoms with Gasteiger partial charge in [0.1, 0.15) is 22.0 Å². The monoisotopic (exact) mass is 314 g/mol. The van der Waals surface area contributed by atoms with Crippen LogP contribution in [0.3, 0.4) is 0 Å². The molecule has 1 fully saturated rings. The van der Waals surface area contributed by atoms with E-state index in [1.807, 2.05) is 29.6 Å². The highest BCUT2D eigenvalue weighted by Gasteiger charge is 2.36. The first-order valence-electron chi connectivity index (χ1n) is 7.33. The molecule has 0 aliphatic heterocycles. The highest BCUT2D eigenvalue weighted by atomic mass is 32.1. The van der Waals surface area contributed by atoms with E-state index in [9.17, 15) is 4.39 Å². The van der Waals surface area contributed by atoms with Crippen LogP contribution in [0.1, 0.15) is 19.3 Å².